The van der Waals surface area contributed by atoms with Crippen LogP contribution in [0.25, 0.3) is 0 Å². The summed E-state index contributed by atoms with van der Waals surface area (Å²) in [7, 11) is 0. The van der Waals surface area contributed by atoms with E-state index in [9.17, 15) is 23.6 Å². The van der Waals surface area contributed by atoms with Gasteiger partial charge in [0.15, 0.2) is 6.61 Å². The molecule has 0 aromatic heterocycles. The minimum atomic E-state index is -0.812. The van der Waals surface area contributed by atoms with Gasteiger partial charge in [-0.3, -0.25) is 14.4 Å². The first-order valence-corrected chi connectivity index (χ1v) is 9.71. The molecule has 1 aliphatic rings. The maximum atomic E-state index is 14.1. The van der Waals surface area contributed by atoms with Crippen LogP contribution < -0.4 is 5.32 Å². The van der Waals surface area contributed by atoms with Crippen molar-refractivity contribution in [3.8, 4) is 0 Å². The van der Waals surface area contributed by atoms with Crippen molar-refractivity contribution in [1.82, 2.24) is 4.90 Å². The molecule has 8 nitrogen and oxygen atoms in total. The van der Waals surface area contributed by atoms with Crippen LogP contribution in [0.4, 0.5) is 14.9 Å². The third-order valence-corrected chi connectivity index (χ3v) is 4.42. The molecular weight excluding hydrogens is 395 g/mol. The molecule has 2 amide bonds. The number of ether oxygens (including phenoxy) is 2. The van der Waals surface area contributed by atoms with Crippen LogP contribution in [0.15, 0.2) is 18.2 Å². The second-order valence-electron chi connectivity index (χ2n) is 8.15. The Morgan fingerprint density at radius 2 is 1.80 bits per heavy atom. The Labute approximate surface area is 174 Å². The molecule has 1 heterocycles. The molecule has 0 spiro atoms. The lowest BCUT2D eigenvalue weighted by molar-refractivity contribution is -0.149. The average molecular weight is 422 g/mol. The summed E-state index contributed by atoms with van der Waals surface area (Å²) in [5.74, 6) is -2.85. The van der Waals surface area contributed by atoms with Crippen LogP contribution in [-0.4, -0.2) is 54.0 Å². The minimum Gasteiger partial charge on any atom is -0.457 e. The maximum absolute atomic E-state index is 14.1. The fourth-order valence-electron chi connectivity index (χ4n) is 2.98. The number of amides is 2. The van der Waals surface area contributed by atoms with Gasteiger partial charge in [-0.25, -0.2) is 9.18 Å². The van der Waals surface area contributed by atoms with Crippen LogP contribution in [-0.2, 0) is 19.1 Å². The topological polar surface area (TPSA) is 102 Å². The summed E-state index contributed by atoms with van der Waals surface area (Å²) >= 11 is 0. The lowest BCUT2D eigenvalue weighted by Gasteiger charge is -2.32. The monoisotopic (exact) mass is 422 g/mol. The lowest BCUT2D eigenvalue weighted by Crippen LogP contribution is -2.43. The molecule has 0 radical (unpaired) electrons. The first-order chi connectivity index (χ1) is 14.0. The number of hydrogen-bond acceptors (Lipinski definition) is 6. The van der Waals surface area contributed by atoms with E-state index in [2.05, 4.69) is 5.32 Å². The highest BCUT2D eigenvalue weighted by atomic mass is 19.1. The third kappa shape index (κ3) is 6.82. The molecule has 0 atom stereocenters. The van der Waals surface area contributed by atoms with E-state index in [1.165, 1.54) is 24.0 Å². The molecule has 2 rings (SSSR count). The number of carbonyl (C=O) groups excluding carboxylic acids is 4. The molecule has 0 unspecified atom stereocenters. The van der Waals surface area contributed by atoms with Crippen LogP contribution in [0, 0.1) is 11.7 Å². The second-order valence-corrected chi connectivity index (χ2v) is 8.15. The van der Waals surface area contributed by atoms with Crippen molar-refractivity contribution >= 4 is 29.4 Å². The number of likely N-dealkylation sites (tertiary alicyclic amines) is 1. The van der Waals surface area contributed by atoms with E-state index >= 15 is 0 Å². The number of piperidine rings is 1. The molecule has 164 valence electrons. The summed E-state index contributed by atoms with van der Waals surface area (Å²) in [5, 5.41) is 2.42. The Morgan fingerprint density at radius 1 is 1.17 bits per heavy atom. The maximum Gasteiger partial charge on any atom is 0.410 e. The van der Waals surface area contributed by atoms with Gasteiger partial charge in [-0.05, 0) is 51.8 Å². The zero-order valence-corrected chi connectivity index (χ0v) is 17.6. The Bertz CT molecular complexity index is 825. The van der Waals surface area contributed by atoms with Crippen molar-refractivity contribution in [1.29, 1.82) is 0 Å². The number of rotatable bonds is 5. The normalized spacial score (nSPS) is 14.8. The van der Waals surface area contributed by atoms with E-state index in [4.69, 9.17) is 9.47 Å². The number of nitrogens with zero attached hydrogens (tertiary/aromatic N) is 1. The van der Waals surface area contributed by atoms with E-state index < -0.39 is 41.8 Å². The van der Waals surface area contributed by atoms with Gasteiger partial charge in [0, 0.05) is 25.7 Å². The van der Waals surface area contributed by atoms with Crippen LogP contribution in [0.1, 0.15) is 50.9 Å². The predicted molar refractivity (Wildman–Crippen MR) is 107 cm³/mol. The van der Waals surface area contributed by atoms with Gasteiger partial charge < -0.3 is 19.7 Å². The van der Waals surface area contributed by atoms with Gasteiger partial charge in [0.2, 0.25) is 11.7 Å². The first kappa shape index (κ1) is 23.3. The summed E-state index contributed by atoms with van der Waals surface area (Å²) in [6, 6.07) is 3.66. The standard InChI is InChI=1S/C21H27FN2O6/c1-13(25)23-15-5-6-16(17(22)11-15)18(26)12-29-19(27)14-7-9-24(10-8-14)20(28)30-21(2,3)4/h5-6,11,14H,7-10,12H2,1-4H3,(H,23,25). The van der Waals surface area contributed by atoms with Gasteiger partial charge in [0.1, 0.15) is 11.4 Å². The number of hydrogen-bond donors (Lipinski definition) is 1. The quantitative estimate of drug-likeness (QED) is 0.578. The van der Waals surface area contributed by atoms with Crippen LogP contribution in [0.2, 0.25) is 0 Å². The highest BCUT2D eigenvalue weighted by Gasteiger charge is 2.31. The van der Waals surface area contributed by atoms with Crippen molar-refractivity contribution in [3.05, 3.63) is 29.6 Å². The summed E-state index contributed by atoms with van der Waals surface area (Å²) < 4.78 is 24.5. The second kappa shape index (κ2) is 9.69. The molecular formula is C21H27FN2O6. The van der Waals surface area contributed by atoms with Crippen molar-refractivity contribution in [2.75, 3.05) is 25.0 Å². The molecule has 1 N–H and O–H groups in total. The average Bonchev–Trinajstić information content (AvgIpc) is 2.64. The van der Waals surface area contributed by atoms with E-state index in [1.807, 2.05) is 0 Å². The van der Waals surface area contributed by atoms with Gasteiger partial charge in [-0.1, -0.05) is 0 Å². The molecule has 0 saturated carbocycles. The van der Waals surface area contributed by atoms with E-state index in [-0.39, 0.29) is 17.2 Å². The van der Waals surface area contributed by atoms with Crippen molar-refractivity contribution < 1.29 is 33.0 Å². The van der Waals surface area contributed by atoms with Crippen LogP contribution >= 0.6 is 0 Å². The zero-order valence-electron chi connectivity index (χ0n) is 17.6. The number of ketones is 1. The Morgan fingerprint density at radius 3 is 2.33 bits per heavy atom. The van der Waals surface area contributed by atoms with Gasteiger partial charge in [0.25, 0.3) is 0 Å². The van der Waals surface area contributed by atoms with Gasteiger partial charge in [-0.2, -0.15) is 0 Å². The fourth-order valence-corrected chi connectivity index (χ4v) is 2.98. The smallest absolute Gasteiger partial charge is 0.410 e. The summed E-state index contributed by atoms with van der Waals surface area (Å²) in [6.45, 7) is 6.74. The zero-order chi connectivity index (χ0) is 22.5. The fraction of sp³-hybridized carbons (Fsp3) is 0.524. The van der Waals surface area contributed by atoms with Gasteiger partial charge in [-0.15, -0.1) is 0 Å². The predicted octanol–water partition coefficient (Wildman–Crippen LogP) is 3.16. The van der Waals surface area contributed by atoms with E-state index in [0.717, 1.165) is 6.07 Å². The number of anilines is 1. The largest absolute Gasteiger partial charge is 0.457 e. The molecule has 30 heavy (non-hydrogen) atoms. The Balaban J connectivity index is 1.83. The van der Waals surface area contributed by atoms with Crippen LogP contribution in [0.5, 0.6) is 0 Å². The first-order valence-electron chi connectivity index (χ1n) is 9.71. The summed E-state index contributed by atoms with van der Waals surface area (Å²) in [6.07, 6.45) is 0.362. The van der Waals surface area contributed by atoms with E-state index in [0.29, 0.717) is 25.9 Å². The summed E-state index contributed by atoms with van der Waals surface area (Å²) in [4.78, 5) is 49.0. The molecule has 9 heteroatoms. The van der Waals surface area contributed by atoms with Gasteiger partial charge >= 0.3 is 12.1 Å². The van der Waals surface area contributed by atoms with Gasteiger partial charge in [0.05, 0.1) is 11.5 Å². The molecule has 1 fully saturated rings. The van der Waals surface area contributed by atoms with Crippen LogP contribution in [0.3, 0.4) is 0 Å². The SMILES string of the molecule is CC(=O)Nc1ccc(C(=O)COC(=O)C2CCN(C(=O)OC(C)(C)C)CC2)c(F)c1. The third-order valence-electron chi connectivity index (χ3n) is 4.42. The number of benzene rings is 1. The molecule has 0 bridgehead atoms. The van der Waals surface area contributed by atoms with Crippen molar-refractivity contribution in [3.63, 3.8) is 0 Å². The van der Waals surface area contributed by atoms with Crippen molar-refractivity contribution in [2.45, 2.75) is 46.1 Å². The molecule has 1 aliphatic heterocycles. The van der Waals surface area contributed by atoms with Crippen molar-refractivity contribution in [2.24, 2.45) is 5.92 Å². The molecule has 1 aromatic carbocycles. The Kier molecular flexibility index (Phi) is 7.53. The number of nitrogens with one attached hydrogen (secondary N) is 1. The number of carbonyl (C=O) groups is 4. The number of Topliss-reactive ketones (excluding diaryl/α,β-unsaturated/α-hetero) is 1. The van der Waals surface area contributed by atoms with E-state index in [1.54, 1.807) is 20.8 Å². The number of halogens is 1. The lowest BCUT2D eigenvalue weighted by atomic mass is 9.97. The summed E-state index contributed by atoms with van der Waals surface area (Å²) in [5.41, 5.74) is -0.593. The highest BCUT2D eigenvalue weighted by Crippen LogP contribution is 2.21. The molecule has 0 aliphatic carbocycles. The molecule has 1 aromatic rings. The molecule has 1 saturated heterocycles. The number of esters is 1. The minimum absolute atomic E-state index is 0.225. The highest BCUT2D eigenvalue weighted by molar-refractivity contribution is 5.99. The Hall–Kier alpha value is -2.97.